The fourth-order valence-corrected chi connectivity index (χ4v) is 5.63. The smallest absolute Gasteiger partial charge is 0.243 e. The molecule has 3 heterocycles. The molecule has 1 atom stereocenters. The van der Waals surface area contributed by atoms with Gasteiger partial charge in [0.1, 0.15) is 0 Å². The summed E-state index contributed by atoms with van der Waals surface area (Å²) in [6, 6.07) is 8.12. The number of hydrogen-bond acceptors (Lipinski definition) is 7. The first-order valence-electron chi connectivity index (χ1n) is 10.6. The quantitative estimate of drug-likeness (QED) is 0.694. The molecule has 168 valence electrons. The topological polar surface area (TPSA) is 78.9 Å². The Kier molecular flexibility index (Phi) is 6.29. The zero-order valence-electron chi connectivity index (χ0n) is 17.9. The van der Waals surface area contributed by atoms with E-state index in [0.717, 1.165) is 30.7 Å². The molecule has 2 aliphatic rings. The lowest BCUT2D eigenvalue weighted by Gasteiger charge is -2.35. The van der Waals surface area contributed by atoms with Crippen LogP contribution < -0.4 is 14.5 Å². The Hall–Kier alpha value is -2.46. The molecule has 8 nitrogen and oxygen atoms in total. The molecule has 0 amide bonds. The molecule has 4 rings (SSSR count). The second-order valence-corrected chi connectivity index (χ2v) is 9.91. The Morgan fingerprint density at radius 3 is 2.32 bits per heavy atom. The number of nitrogens with zero attached hydrogens (tertiary/aromatic N) is 5. The SMILES string of the molecule is COc1ccc(S(=O)(=O)N2CCN(c3ccc(N4CCCCC4C)nn3)CC2)cc1F. The number of aromatic nitrogens is 2. The Morgan fingerprint density at radius 2 is 1.71 bits per heavy atom. The first-order valence-corrected chi connectivity index (χ1v) is 12.0. The number of anilines is 2. The summed E-state index contributed by atoms with van der Waals surface area (Å²) in [5.74, 6) is 0.949. The van der Waals surface area contributed by atoms with E-state index in [4.69, 9.17) is 4.74 Å². The van der Waals surface area contributed by atoms with Crippen LogP contribution in [0, 0.1) is 5.82 Å². The van der Waals surface area contributed by atoms with E-state index in [1.54, 1.807) is 0 Å². The second kappa shape index (κ2) is 8.96. The summed E-state index contributed by atoms with van der Waals surface area (Å²) >= 11 is 0. The van der Waals surface area contributed by atoms with Crippen LogP contribution in [0.3, 0.4) is 0 Å². The average molecular weight is 450 g/mol. The standard InChI is InChI=1S/C21H28FN5O3S/c1-16-5-3-4-10-27(16)21-9-8-20(23-24-21)25-11-13-26(14-12-25)31(28,29)17-6-7-19(30-2)18(22)15-17/h6-9,15-16H,3-5,10-14H2,1-2H3. The third-order valence-corrected chi connectivity index (χ3v) is 7.95. The van der Waals surface area contributed by atoms with Crippen molar-refractivity contribution < 1.29 is 17.5 Å². The molecule has 2 saturated heterocycles. The molecule has 2 fully saturated rings. The number of methoxy groups -OCH3 is 1. The van der Waals surface area contributed by atoms with Gasteiger partial charge in [-0.1, -0.05) is 0 Å². The van der Waals surface area contributed by atoms with Gasteiger partial charge in [0.05, 0.1) is 12.0 Å². The first kappa shape index (κ1) is 21.8. The van der Waals surface area contributed by atoms with Gasteiger partial charge in [-0.15, -0.1) is 10.2 Å². The van der Waals surface area contributed by atoms with Crippen LogP contribution in [0.1, 0.15) is 26.2 Å². The number of hydrogen-bond donors (Lipinski definition) is 0. The molecular weight excluding hydrogens is 421 g/mol. The van der Waals surface area contributed by atoms with Gasteiger partial charge in [0.25, 0.3) is 0 Å². The predicted octanol–water partition coefficient (Wildman–Crippen LogP) is 2.51. The van der Waals surface area contributed by atoms with Crippen molar-refractivity contribution in [3.05, 3.63) is 36.1 Å². The van der Waals surface area contributed by atoms with Gasteiger partial charge in [-0.2, -0.15) is 4.31 Å². The summed E-state index contributed by atoms with van der Waals surface area (Å²) in [4.78, 5) is 4.24. The van der Waals surface area contributed by atoms with E-state index in [1.807, 2.05) is 17.0 Å². The van der Waals surface area contributed by atoms with Crippen molar-refractivity contribution in [2.24, 2.45) is 0 Å². The molecule has 10 heteroatoms. The molecule has 31 heavy (non-hydrogen) atoms. The Bertz CT molecular complexity index is 1010. The van der Waals surface area contributed by atoms with Gasteiger partial charge < -0.3 is 14.5 Å². The van der Waals surface area contributed by atoms with Crippen LogP contribution in [-0.4, -0.2) is 68.8 Å². The molecule has 0 radical (unpaired) electrons. The van der Waals surface area contributed by atoms with Crippen LogP contribution in [0.2, 0.25) is 0 Å². The Morgan fingerprint density at radius 1 is 1.00 bits per heavy atom. The van der Waals surface area contributed by atoms with E-state index in [-0.39, 0.29) is 10.6 Å². The maximum Gasteiger partial charge on any atom is 0.243 e. The number of benzene rings is 1. The Labute approximate surface area is 182 Å². The number of piperazine rings is 1. The van der Waals surface area contributed by atoms with Crippen molar-refractivity contribution in [3.8, 4) is 5.75 Å². The van der Waals surface area contributed by atoms with Crippen molar-refractivity contribution >= 4 is 21.7 Å². The van der Waals surface area contributed by atoms with E-state index >= 15 is 0 Å². The van der Waals surface area contributed by atoms with Gasteiger partial charge in [0.15, 0.2) is 23.2 Å². The van der Waals surface area contributed by atoms with Crippen molar-refractivity contribution in [1.29, 1.82) is 0 Å². The molecular formula is C21H28FN5O3S. The lowest BCUT2D eigenvalue weighted by molar-refractivity contribution is 0.379. The maximum atomic E-state index is 14.0. The molecule has 2 aliphatic heterocycles. The molecule has 0 N–H and O–H groups in total. The number of piperidine rings is 1. The summed E-state index contributed by atoms with van der Waals surface area (Å²) in [6.07, 6.45) is 3.58. The van der Waals surface area contributed by atoms with Crippen LogP contribution in [0.15, 0.2) is 35.2 Å². The fourth-order valence-electron chi connectivity index (χ4n) is 4.19. The number of halogens is 1. The van der Waals surface area contributed by atoms with Crippen LogP contribution in [0.4, 0.5) is 16.0 Å². The van der Waals surface area contributed by atoms with Gasteiger partial charge >= 0.3 is 0 Å². The van der Waals surface area contributed by atoms with E-state index in [1.165, 1.54) is 36.4 Å². The number of sulfonamides is 1. The van der Waals surface area contributed by atoms with E-state index in [9.17, 15) is 12.8 Å². The van der Waals surface area contributed by atoms with E-state index < -0.39 is 15.8 Å². The minimum absolute atomic E-state index is 0.0183. The molecule has 1 aromatic carbocycles. The van der Waals surface area contributed by atoms with Gasteiger partial charge in [-0.25, -0.2) is 12.8 Å². The largest absolute Gasteiger partial charge is 0.494 e. The molecule has 1 unspecified atom stereocenters. The summed E-state index contributed by atoms with van der Waals surface area (Å²) in [6.45, 7) is 4.78. The third-order valence-electron chi connectivity index (χ3n) is 6.06. The minimum atomic E-state index is -3.77. The van der Waals surface area contributed by atoms with Crippen LogP contribution in [-0.2, 0) is 10.0 Å². The van der Waals surface area contributed by atoms with Gasteiger partial charge in [0.2, 0.25) is 10.0 Å². The van der Waals surface area contributed by atoms with Crippen LogP contribution in [0.5, 0.6) is 5.75 Å². The number of rotatable bonds is 5. The summed E-state index contributed by atoms with van der Waals surface area (Å²) < 4.78 is 46.0. The molecule has 0 spiro atoms. The van der Waals surface area contributed by atoms with Crippen molar-refractivity contribution in [1.82, 2.24) is 14.5 Å². The minimum Gasteiger partial charge on any atom is -0.494 e. The van der Waals surface area contributed by atoms with Gasteiger partial charge in [-0.05, 0) is 56.5 Å². The zero-order chi connectivity index (χ0) is 22.0. The summed E-state index contributed by atoms with van der Waals surface area (Å²) in [5, 5.41) is 8.81. The van der Waals surface area contributed by atoms with Crippen LogP contribution >= 0.6 is 0 Å². The zero-order valence-corrected chi connectivity index (χ0v) is 18.7. The highest BCUT2D eigenvalue weighted by atomic mass is 32.2. The highest BCUT2D eigenvalue weighted by molar-refractivity contribution is 7.89. The molecule has 0 saturated carbocycles. The Balaban J connectivity index is 1.40. The highest BCUT2D eigenvalue weighted by Gasteiger charge is 2.30. The molecule has 0 aliphatic carbocycles. The lowest BCUT2D eigenvalue weighted by Crippen LogP contribution is -2.49. The van der Waals surface area contributed by atoms with Crippen molar-refractivity contribution in [3.63, 3.8) is 0 Å². The predicted molar refractivity (Wildman–Crippen MR) is 117 cm³/mol. The average Bonchev–Trinajstić information content (AvgIpc) is 2.79. The van der Waals surface area contributed by atoms with E-state index in [2.05, 4.69) is 22.0 Å². The normalized spacial score (nSPS) is 20.7. The van der Waals surface area contributed by atoms with Gasteiger partial charge in [0, 0.05) is 38.8 Å². The monoisotopic (exact) mass is 449 g/mol. The summed E-state index contributed by atoms with van der Waals surface area (Å²) in [5.41, 5.74) is 0. The lowest BCUT2D eigenvalue weighted by atomic mass is 10.0. The highest BCUT2D eigenvalue weighted by Crippen LogP contribution is 2.26. The van der Waals surface area contributed by atoms with Crippen molar-refractivity contribution in [2.75, 3.05) is 49.6 Å². The molecule has 2 aromatic rings. The van der Waals surface area contributed by atoms with Crippen molar-refractivity contribution in [2.45, 2.75) is 37.1 Å². The number of ether oxygens (including phenoxy) is 1. The van der Waals surface area contributed by atoms with Gasteiger partial charge in [-0.3, -0.25) is 0 Å². The fraction of sp³-hybridized carbons (Fsp3) is 0.524. The summed E-state index contributed by atoms with van der Waals surface area (Å²) in [7, 11) is -2.43. The van der Waals surface area contributed by atoms with Crippen LogP contribution in [0.25, 0.3) is 0 Å². The molecule has 1 aromatic heterocycles. The first-order chi connectivity index (χ1) is 14.9. The maximum absolute atomic E-state index is 14.0. The van der Waals surface area contributed by atoms with E-state index in [0.29, 0.717) is 32.2 Å². The molecule has 0 bridgehead atoms. The second-order valence-electron chi connectivity index (χ2n) is 7.98. The third kappa shape index (κ3) is 4.45.